The van der Waals surface area contributed by atoms with Gasteiger partial charge in [-0.25, -0.2) is 13.2 Å². The van der Waals surface area contributed by atoms with E-state index in [1.165, 1.54) is 12.1 Å². The third-order valence-electron chi connectivity index (χ3n) is 5.34. The smallest absolute Gasteiger partial charge is 0.323 e. The molecule has 0 fully saturated rings. The molecule has 4 rings (SSSR count). The van der Waals surface area contributed by atoms with E-state index in [2.05, 4.69) is 21.7 Å². The number of anilines is 2. The van der Waals surface area contributed by atoms with Crippen molar-refractivity contribution in [2.75, 3.05) is 37.2 Å². The number of sulfone groups is 1. The number of nitrogens with one attached hydrogen (secondary N) is 2. The predicted molar refractivity (Wildman–Crippen MR) is 143 cm³/mol. The van der Waals surface area contributed by atoms with Crippen LogP contribution < -0.4 is 20.1 Å². The lowest BCUT2D eigenvalue weighted by molar-refractivity contribution is 0.146. The fraction of sp³-hybridized carbons (Fsp3) is 0.148. The number of hydrogen-bond donors (Lipinski definition) is 2. The molecule has 0 aliphatic carbocycles. The van der Waals surface area contributed by atoms with E-state index in [4.69, 9.17) is 14.2 Å². The van der Waals surface area contributed by atoms with Crippen LogP contribution in [0.25, 0.3) is 10.9 Å². The van der Waals surface area contributed by atoms with Crippen LogP contribution in [0.5, 0.6) is 17.2 Å². The summed E-state index contributed by atoms with van der Waals surface area (Å²) in [6.07, 6.45) is 2.67. The summed E-state index contributed by atoms with van der Waals surface area (Å²) < 4.78 is 40.6. The number of para-hydroxylation sites is 1. The number of fused-ring (bicyclic) bond motifs is 1. The van der Waals surface area contributed by atoms with Gasteiger partial charge >= 0.3 is 6.03 Å². The summed E-state index contributed by atoms with van der Waals surface area (Å²) in [5, 5.41) is 15.4. The number of nitriles is 1. The molecule has 10 nitrogen and oxygen atoms in total. The van der Waals surface area contributed by atoms with Crippen LogP contribution in [-0.4, -0.2) is 46.0 Å². The Morgan fingerprint density at radius 3 is 2.47 bits per heavy atom. The van der Waals surface area contributed by atoms with Gasteiger partial charge in [0.1, 0.15) is 29.9 Å². The summed E-state index contributed by atoms with van der Waals surface area (Å²) in [6.45, 7) is 0.690. The molecule has 0 saturated heterocycles. The van der Waals surface area contributed by atoms with Crippen molar-refractivity contribution in [2.24, 2.45) is 0 Å². The topological polar surface area (TPSA) is 140 Å². The molecule has 3 aromatic carbocycles. The van der Waals surface area contributed by atoms with Gasteiger partial charge in [0.25, 0.3) is 0 Å². The van der Waals surface area contributed by atoms with E-state index in [0.717, 1.165) is 6.26 Å². The number of urea groups is 1. The summed E-state index contributed by atoms with van der Waals surface area (Å²) in [4.78, 5) is 16.8. The number of methoxy groups -OCH3 is 1. The molecule has 0 aliphatic rings. The molecule has 38 heavy (non-hydrogen) atoms. The summed E-state index contributed by atoms with van der Waals surface area (Å²) in [5.41, 5.74) is 1.59. The van der Waals surface area contributed by atoms with E-state index in [1.54, 1.807) is 67.9 Å². The first kappa shape index (κ1) is 26.4. The standard InChI is InChI=1S/C27H24N4O6S/c1-35-13-14-36-25-16-23-21(15-18(25)17-28)24(11-12-29-23)37-20-9-7-19(8-10-20)30-27(32)31-22-5-3-4-6-26(22)38(2,33)34/h3-12,15-16H,13-14H2,1-2H3,(H2,30,31,32). The molecule has 4 aromatic rings. The summed E-state index contributed by atoms with van der Waals surface area (Å²) >= 11 is 0. The number of amides is 2. The first-order valence-electron chi connectivity index (χ1n) is 11.4. The number of nitrogens with zero attached hydrogens (tertiary/aromatic N) is 2. The first-order chi connectivity index (χ1) is 18.3. The molecule has 0 radical (unpaired) electrons. The van der Waals surface area contributed by atoms with Gasteiger partial charge in [-0.2, -0.15) is 5.26 Å². The van der Waals surface area contributed by atoms with Crippen molar-refractivity contribution in [1.29, 1.82) is 5.26 Å². The number of benzene rings is 3. The van der Waals surface area contributed by atoms with Crippen molar-refractivity contribution < 1.29 is 27.4 Å². The lowest BCUT2D eigenvalue weighted by Gasteiger charge is -2.13. The number of carbonyl (C=O) groups excluding carboxylic acids is 1. The fourth-order valence-corrected chi connectivity index (χ4v) is 4.43. The minimum Gasteiger partial charge on any atom is -0.490 e. The van der Waals surface area contributed by atoms with Crippen LogP contribution in [0.1, 0.15) is 5.56 Å². The monoisotopic (exact) mass is 532 g/mol. The van der Waals surface area contributed by atoms with Crippen molar-refractivity contribution in [2.45, 2.75) is 4.90 Å². The number of ether oxygens (including phenoxy) is 3. The quantitative estimate of drug-likeness (QED) is 0.288. The summed E-state index contributed by atoms with van der Waals surface area (Å²) in [5.74, 6) is 1.39. The maximum absolute atomic E-state index is 12.5. The first-order valence-corrected chi connectivity index (χ1v) is 13.3. The maximum Gasteiger partial charge on any atom is 0.323 e. The Balaban J connectivity index is 1.47. The van der Waals surface area contributed by atoms with E-state index in [-0.39, 0.29) is 10.6 Å². The molecule has 1 heterocycles. The lowest BCUT2D eigenvalue weighted by atomic mass is 10.1. The Bertz CT molecular complexity index is 1620. The van der Waals surface area contributed by atoms with E-state index < -0.39 is 15.9 Å². The molecule has 0 spiro atoms. The van der Waals surface area contributed by atoms with Gasteiger partial charge in [-0.3, -0.25) is 4.98 Å². The van der Waals surface area contributed by atoms with Gasteiger partial charge in [0.05, 0.1) is 28.3 Å². The van der Waals surface area contributed by atoms with Gasteiger partial charge < -0.3 is 24.8 Å². The van der Waals surface area contributed by atoms with Crippen molar-refractivity contribution in [1.82, 2.24) is 4.98 Å². The second kappa shape index (κ2) is 11.6. The highest BCUT2D eigenvalue weighted by Crippen LogP contribution is 2.33. The zero-order valence-corrected chi connectivity index (χ0v) is 21.4. The van der Waals surface area contributed by atoms with Gasteiger partial charge in [0.2, 0.25) is 0 Å². The minimum absolute atomic E-state index is 0.0247. The number of rotatable bonds is 9. The third kappa shape index (κ3) is 6.36. The molecule has 0 bridgehead atoms. The van der Waals surface area contributed by atoms with Crippen LogP contribution in [0.4, 0.5) is 16.2 Å². The minimum atomic E-state index is -3.51. The summed E-state index contributed by atoms with van der Waals surface area (Å²) in [6, 6.07) is 19.3. The van der Waals surface area contributed by atoms with E-state index >= 15 is 0 Å². The Morgan fingerprint density at radius 1 is 1.00 bits per heavy atom. The van der Waals surface area contributed by atoms with Gasteiger partial charge in [0, 0.05) is 36.7 Å². The molecule has 0 atom stereocenters. The molecule has 2 amide bonds. The Kier molecular flexibility index (Phi) is 8.06. The van der Waals surface area contributed by atoms with E-state index in [1.807, 2.05) is 0 Å². The maximum atomic E-state index is 12.5. The molecular formula is C27H24N4O6S. The molecular weight excluding hydrogens is 508 g/mol. The zero-order valence-electron chi connectivity index (χ0n) is 20.6. The number of pyridine rings is 1. The highest BCUT2D eigenvalue weighted by molar-refractivity contribution is 7.90. The van der Waals surface area contributed by atoms with Gasteiger partial charge in [-0.1, -0.05) is 12.1 Å². The van der Waals surface area contributed by atoms with Crippen LogP contribution in [0, 0.1) is 11.3 Å². The van der Waals surface area contributed by atoms with Crippen molar-refractivity contribution in [3.8, 4) is 23.3 Å². The highest BCUT2D eigenvalue weighted by atomic mass is 32.2. The average Bonchev–Trinajstić information content (AvgIpc) is 2.89. The molecule has 194 valence electrons. The van der Waals surface area contributed by atoms with Crippen LogP contribution in [0.2, 0.25) is 0 Å². The average molecular weight is 533 g/mol. The third-order valence-corrected chi connectivity index (χ3v) is 6.50. The fourth-order valence-electron chi connectivity index (χ4n) is 3.59. The van der Waals surface area contributed by atoms with Gasteiger partial charge in [0.15, 0.2) is 9.84 Å². The Morgan fingerprint density at radius 2 is 1.76 bits per heavy atom. The second-order valence-corrected chi connectivity index (χ2v) is 10.1. The van der Waals surface area contributed by atoms with Crippen molar-refractivity contribution in [3.63, 3.8) is 0 Å². The lowest BCUT2D eigenvalue weighted by Crippen LogP contribution is -2.20. The van der Waals surface area contributed by atoms with E-state index in [0.29, 0.717) is 52.6 Å². The SMILES string of the molecule is COCCOc1cc2nccc(Oc3ccc(NC(=O)Nc4ccccc4S(C)(=O)=O)cc3)c2cc1C#N. The second-order valence-electron chi connectivity index (χ2n) is 8.10. The zero-order chi connectivity index (χ0) is 27.1. The molecule has 0 saturated carbocycles. The molecule has 0 unspecified atom stereocenters. The van der Waals surface area contributed by atoms with Gasteiger partial charge in [-0.05, 0) is 48.5 Å². The predicted octanol–water partition coefficient (Wildman–Crippen LogP) is 4.97. The molecule has 0 aliphatic heterocycles. The number of aromatic nitrogens is 1. The molecule has 1 aromatic heterocycles. The highest BCUT2D eigenvalue weighted by Gasteiger charge is 2.15. The molecule has 2 N–H and O–H groups in total. The number of hydrogen-bond acceptors (Lipinski definition) is 8. The summed E-state index contributed by atoms with van der Waals surface area (Å²) in [7, 11) is -1.94. The van der Waals surface area contributed by atoms with Crippen LogP contribution in [0.3, 0.4) is 0 Å². The van der Waals surface area contributed by atoms with Crippen molar-refractivity contribution >= 4 is 38.1 Å². The number of carbonyl (C=O) groups is 1. The largest absolute Gasteiger partial charge is 0.490 e. The van der Waals surface area contributed by atoms with Gasteiger partial charge in [-0.15, -0.1) is 0 Å². The van der Waals surface area contributed by atoms with E-state index in [9.17, 15) is 18.5 Å². The van der Waals surface area contributed by atoms with Crippen LogP contribution in [-0.2, 0) is 14.6 Å². The Hall–Kier alpha value is -4.66. The normalized spacial score (nSPS) is 11.0. The van der Waals surface area contributed by atoms with Crippen molar-refractivity contribution in [3.05, 3.63) is 78.5 Å². The van der Waals surface area contributed by atoms with Crippen LogP contribution >= 0.6 is 0 Å². The Labute approximate surface area is 219 Å². The van der Waals surface area contributed by atoms with Crippen LogP contribution in [0.15, 0.2) is 77.8 Å². The molecule has 11 heteroatoms.